The van der Waals surface area contributed by atoms with Crippen LogP contribution in [0.1, 0.15) is 33.2 Å². The monoisotopic (exact) mass is 482 g/mol. The molecule has 3 rings (SSSR count). The Balaban J connectivity index is 2.23. The number of aromatic nitrogens is 2. The van der Waals surface area contributed by atoms with E-state index in [0.717, 1.165) is 26.8 Å². The van der Waals surface area contributed by atoms with Crippen molar-refractivity contribution in [1.29, 1.82) is 0 Å². The molecule has 0 aliphatic heterocycles. The van der Waals surface area contributed by atoms with Crippen LogP contribution in [0, 0.1) is 18.6 Å². The largest absolute Gasteiger partial charge is 0.383 e. The Hall–Kier alpha value is -3.85. The van der Waals surface area contributed by atoms with Gasteiger partial charge in [0, 0.05) is 37.6 Å². The van der Waals surface area contributed by atoms with Crippen LogP contribution in [0.3, 0.4) is 0 Å². The summed E-state index contributed by atoms with van der Waals surface area (Å²) >= 11 is 0. The summed E-state index contributed by atoms with van der Waals surface area (Å²) in [5.74, 6) is -2.27. The van der Waals surface area contributed by atoms with Gasteiger partial charge in [0.1, 0.15) is 17.2 Å². The average molecular weight is 483 g/mol. The normalized spacial score (nSPS) is 12.2. The number of hydrogen-bond acceptors (Lipinski definition) is 5. The van der Waals surface area contributed by atoms with E-state index in [4.69, 9.17) is 0 Å². The number of nitrogens with zero attached hydrogens (tertiary/aromatic N) is 3. The first-order valence-electron chi connectivity index (χ1n) is 11.0. The minimum Gasteiger partial charge on any atom is -0.383 e. The molecule has 35 heavy (non-hydrogen) atoms. The summed E-state index contributed by atoms with van der Waals surface area (Å²) in [4.78, 5) is 41.5. The highest BCUT2D eigenvalue weighted by Gasteiger charge is 2.24. The molecule has 0 amide bonds. The van der Waals surface area contributed by atoms with E-state index in [0.29, 0.717) is 0 Å². The fourth-order valence-corrected chi connectivity index (χ4v) is 3.80. The first-order chi connectivity index (χ1) is 16.6. The highest BCUT2D eigenvalue weighted by atomic mass is 19.1. The topological polar surface area (TPSA) is 76.3 Å². The summed E-state index contributed by atoms with van der Waals surface area (Å²) in [5, 5.41) is 3.08. The maximum absolute atomic E-state index is 14.4. The maximum Gasteiger partial charge on any atom is 0.331 e. The number of nitrogens with one attached hydrogen (secondary N) is 1. The summed E-state index contributed by atoms with van der Waals surface area (Å²) in [5.41, 5.74) is -1.23. The van der Waals surface area contributed by atoms with Crippen molar-refractivity contribution in [2.45, 2.75) is 26.1 Å². The van der Waals surface area contributed by atoms with E-state index >= 15 is 0 Å². The number of carbonyl (C=O) groups excluding carboxylic acids is 1. The number of carbonyl (C=O) groups is 1. The van der Waals surface area contributed by atoms with Crippen molar-refractivity contribution >= 4 is 5.78 Å². The van der Waals surface area contributed by atoms with Crippen molar-refractivity contribution in [3.63, 3.8) is 0 Å². The third kappa shape index (κ3) is 5.63. The summed E-state index contributed by atoms with van der Waals surface area (Å²) in [6, 6.07) is 12.2. The molecule has 1 aromatic heterocycles. The first kappa shape index (κ1) is 25.8. The predicted molar refractivity (Wildman–Crippen MR) is 131 cm³/mol. The van der Waals surface area contributed by atoms with Crippen molar-refractivity contribution in [2.24, 2.45) is 0 Å². The van der Waals surface area contributed by atoms with Crippen LogP contribution in [-0.2, 0) is 13.1 Å². The molecule has 0 aliphatic rings. The lowest BCUT2D eigenvalue weighted by Crippen LogP contribution is -2.46. The number of hydrogen-bond donors (Lipinski definition) is 1. The standard InChI is InChI=1S/C26H28F2N4O3/c1-17-24(23(33)13-14-30(3)4)25(34)32(16-22(29-2)18-9-6-5-7-10-18)26(35)31(17)15-19-20(27)11-8-12-21(19)28/h5-14,22,29H,15-16H2,1-4H3/b14-13+/t22-/m0/s1. The Bertz CT molecular complexity index is 1340. The molecule has 184 valence electrons. The molecule has 1 N–H and O–H groups in total. The zero-order valence-corrected chi connectivity index (χ0v) is 20.1. The second kappa shape index (κ2) is 11.1. The molecule has 0 unspecified atom stereocenters. The smallest absolute Gasteiger partial charge is 0.331 e. The van der Waals surface area contributed by atoms with E-state index in [1.807, 2.05) is 30.3 Å². The van der Waals surface area contributed by atoms with E-state index < -0.39 is 41.3 Å². The molecule has 0 spiro atoms. The molecule has 0 fully saturated rings. The van der Waals surface area contributed by atoms with Gasteiger partial charge in [-0.3, -0.25) is 18.7 Å². The lowest BCUT2D eigenvalue weighted by Gasteiger charge is -2.21. The van der Waals surface area contributed by atoms with Crippen molar-refractivity contribution in [1.82, 2.24) is 19.4 Å². The SMILES string of the molecule is CN[C@@H](Cn1c(=O)c(C(=O)/C=C/N(C)C)c(C)n(Cc2c(F)cccc2F)c1=O)c1ccccc1. The average Bonchev–Trinajstić information content (AvgIpc) is 2.82. The lowest BCUT2D eigenvalue weighted by atomic mass is 10.1. The van der Waals surface area contributed by atoms with Crippen molar-refractivity contribution in [2.75, 3.05) is 21.1 Å². The van der Waals surface area contributed by atoms with Crippen molar-refractivity contribution < 1.29 is 13.6 Å². The zero-order valence-electron chi connectivity index (χ0n) is 20.1. The molecular formula is C26H28F2N4O3. The van der Waals surface area contributed by atoms with E-state index in [9.17, 15) is 23.2 Å². The Labute approximate surface area is 201 Å². The minimum atomic E-state index is -0.827. The van der Waals surface area contributed by atoms with E-state index in [1.165, 1.54) is 25.3 Å². The fraction of sp³-hybridized carbons (Fsp3) is 0.269. The highest BCUT2D eigenvalue weighted by molar-refractivity contribution is 6.04. The van der Waals surface area contributed by atoms with Gasteiger partial charge in [-0.25, -0.2) is 13.6 Å². The van der Waals surface area contributed by atoms with Crippen molar-refractivity contribution in [3.8, 4) is 0 Å². The zero-order chi connectivity index (χ0) is 25.7. The molecular weight excluding hydrogens is 454 g/mol. The number of benzene rings is 2. The second-order valence-electron chi connectivity index (χ2n) is 8.34. The van der Waals surface area contributed by atoms with Crippen LogP contribution in [0.25, 0.3) is 0 Å². The van der Waals surface area contributed by atoms with Crippen LogP contribution in [0.2, 0.25) is 0 Å². The van der Waals surface area contributed by atoms with Crippen molar-refractivity contribution in [3.05, 3.63) is 116 Å². The van der Waals surface area contributed by atoms with Crippen LogP contribution in [0.15, 0.2) is 70.4 Å². The Morgan fingerprint density at radius 3 is 2.23 bits per heavy atom. The van der Waals surface area contributed by atoms with Gasteiger partial charge in [0.2, 0.25) is 0 Å². The Morgan fingerprint density at radius 2 is 1.66 bits per heavy atom. The predicted octanol–water partition coefficient (Wildman–Crippen LogP) is 2.86. The molecule has 0 saturated carbocycles. The quantitative estimate of drug-likeness (QED) is 0.375. The van der Waals surface area contributed by atoms with Gasteiger partial charge >= 0.3 is 5.69 Å². The first-order valence-corrected chi connectivity index (χ1v) is 11.0. The lowest BCUT2D eigenvalue weighted by molar-refractivity contribution is 0.104. The van der Waals surface area contributed by atoms with Gasteiger partial charge in [0.15, 0.2) is 5.78 Å². The Kier molecular flexibility index (Phi) is 8.14. The summed E-state index contributed by atoms with van der Waals surface area (Å²) in [6.45, 7) is 0.863. The third-order valence-corrected chi connectivity index (χ3v) is 5.75. The maximum atomic E-state index is 14.4. The molecule has 1 atom stereocenters. The van der Waals surface area contributed by atoms with Crippen LogP contribution in [-0.4, -0.2) is 41.0 Å². The molecule has 1 heterocycles. The third-order valence-electron chi connectivity index (χ3n) is 5.75. The molecule has 3 aromatic rings. The summed E-state index contributed by atoms with van der Waals surface area (Å²) < 4.78 is 30.8. The van der Waals surface area contributed by atoms with Gasteiger partial charge in [-0.15, -0.1) is 0 Å². The van der Waals surface area contributed by atoms with Gasteiger partial charge in [-0.2, -0.15) is 0 Å². The molecule has 9 heteroatoms. The number of halogens is 2. The molecule has 0 saturated heterocycles. The van der Waals surface area contributed by atoms with Gasteiger partial charge in [-0.1, -0.05) is 36.4 Å². The van der Waals surface area contributed by atoms with Gasteiger partial charge in [0.05, 0.1) is 19.1 Å². The molecule has 0 aliphatic carbocycles. The minimum absolute atomic E-state index is 0.0352. The summed E-state index contributed by atoms with van der Waals surface area (Å²) in [6.07, 6.45) is 2.71. The fourth-order valence-electron chi connectivity index (χ4n) is 3.80. The molecule has 0 bridgehead atoms. The number of allylic oxidation sites excluding steroid dienone is 1. The van der Waals surface area contributed by atoms with Crippen LogP contribution < -0.4 is 16.6 Å². The molecule has 7 nitrogen and oxygen atoms in total. The second-order valence-corrected chi connectivity index (χ2v) is 8.34. The Morgan fingerprint density at radius 1 is 1.03 bits per heavy atom. The van der Waals surface area contributed by atoms with E-state index in [-0.39, 0.29) is 23.4 Å². The number of likely N-dealkylation sites (N-methyl/N-ethyl adjacent to an activating group) is 1. The van der Waals surface area contributed by atoms with E-state index in [2.05, 4.69) is 5.32 Å². The number of rotatable bonds is 9. The van der Waals surface area contributed by atoms with Gasteiger partial charge < -0.3 is 10.2 Å². The summed E-state index contributed by atoms with van der Waals surface area (Å²) in [7, 11) is 5.12. The van der Waals surface area contributed by atoms with Crippen LogP contribution in [0.5, 0.6) is 0 Å². The number of ketones is 1. The van der Waals surface area contributed by atoms with Gasteiger partial charge in [-0.05, 0) is 31.7 Å². The highest BCUT2D eigenvalue weighted by Crippen LogP contribution is 2.16. The van der Waals surface area contributed by atoms with E-state index in [1.54, 1.807) is 26.0 Å². The molecule has 0 radical (unpaired) electrons. The van der Waals surface area contributed by atoms with Gasteiger partial charge in [0.25, 0.3) is 5.56 Å². The van der Waals surface area contributed by atoms with Crippen LogP contribution >= 0.6 is 0 Å². The van der Waals surface area contributed by atoms with Crippen LogP contribution in [0.4, 0.5) is 8.78 Å². The molecule has 2 aromatic carbocycles.